The van der Waals surface area contributed by atoms with Crippen LogP contribution in [-0.2, 0) is 16.1 Å². The van der Waals surface area contributed by atoms with Crippen LogP contribution in [0.3, 0.4) is 0 Å². The van der Waals surface area contributed by atoms with Crippen molar-refractivity contribution in [2.24, 2.45) is 0 Å². The molecule has 0 aliphatic rings. The number of methoxy groups -OCH3 is 1. The van der Waals surface area contributed by atoms with Gasteiger partial charge in [-0.05, 0) is 17.7 Å². The summed E-state index contributed by atoms with van der Waals surface area (Å²) in [6.07, 6.45) is 0.462. The first-order chi connectivity index (χ1) is 9.04. The van der Waals surface area contributed by atoms with Crippen molar-refractivity contribution < 1.29 is 14.3 Å². The predicted octanol–water partition coefficient (Wildman–Crippen LogP) is 1.04. The molecule has 0 saturated heterocycles. The third-order valence-electron chi connectivity index (χ3n) is 2.69. The number of carbonyl (C=O) groups is 2. The first kappa shape index (κ1) is 15.2. The van der Waals surface area contributed by atoms with Crippen LogP contribution in [0.25, 0.3) is 0 Å². The molecule has 5 nitrogen and oxygen atoms in total. The van der Waals surface area contributed by atoms with Crippen LogP contribution in [0.15, 0.2) is 24.3 Å². The smallest absolute Gasteiger partial charge is 0.337 e. The van der Waals surface area contributed by atoms with Gasteiger partial charge in [0.1, 0.15) is 0 Å². The Bertz CT molecular complexity index is 444. The summed E-state index contributed by atoms with van der Waals surface area (Å²) >= 11 is 0. The number of benzene rings is 1. The fourth-order valence-electron chi connectivity index (χ4n) is 1.58. The van der Waals surface area contributed by atoms with Crippen LogP contribution in [-0.4, -0.2) is 44.5 Å². The van der Waals surface area contributed by atoms with E-state index in [0.717, 1.165) is 5.56 Å². The highest BCUT2D eigenvalue weighted by Gasteiger charge is 2.06. The van der Waals surface area contributed by atoms with Gasteiger partial charge in [-0.25, -0.2) is 4.79 Å². The zero-order valence-corrected chi connectivity index (χ0v) is 11.6. The molecule has 1 amide bonds. The largest absolute Gasteiger partial charge is 0.465 e. The van der Waals surface area contributed by atoms with Gasteiger partial charge in [-0.2, -0.15) is 0 Å². The van der Waals surface area contributed by atoms with E-state index < -0.39 is 0 Å². The maximum atomic E-state index is 11.4. The van der Waals surface area contributed by atoms with Gasteiger partial charge in [0.2, 0.25) is 5.91 Å². The molecule has 0 aliphatic heterocycles. The van der Waals surface area contributed by atoms with Gasteiger partial charge in [0.15, 0.2) is 0 Å². The Kier molecular flexibility index (Phi) is 6.02. The van der Waals surface area contributed by atoms with E-state index in [1.54, 1.807) is 31.1 Å². The Morgan fingerprint density at radius 1 is 1.32 bits per heavy atom. The Morgan fingerprint density at radius 3 is 2.68 bits per heavy atom. The van der Waals surface area contributed by atoms with Gasteiger partial charge in [-0.3, -0.25) is 4.79 Å². The molecule has 1 aromatic carbocycles. The minimum atomic E-state index is -0.343. The molecule has 5 heteroatoms. The van der Waals surface area contributed by atoms with Gasteiger partial charge in [0.05, 0.1) is 12.7 Å². The molecule has 0 spiro atoms. The van der Waals surface area contributed by atoms with Gasteiger partial charge in [0.25, 0.3) is 0 Å². The number of hydrogen-bond donors (Lipinski definition) is 1. The van der Waals surface area contributed by atoms with E-state index in [4.69, 9.17) is 0 Å². The topological polar surface area (TPSA) is 58.6 Å². The van der Waals surface area contributed by atoms with Crippen molar-refractivity contribution in [3.05, 3.63) is 35.4 Å². The minimum absolute atomic E-state index is 0.0933. The molecule has 104 valence electrons. The average molecular weight is 264 g/mol. The molecule has 0 bridgehead atoms. The number of amides is 1. The Labute approximate surface area is 113 Å². The summed E-state index contributed by atoms with van der Waals surface area (Å²) in [5, 5.41) is 3.17. The summed E-state index contributed by atoms with van der Waals surface area (Å²) in [5.74, 6) is -0.250. The summed E-state index contributed by atoms with van der Waals surface area (Å²) in [4.78, 5) is 24.3. The SMILES string of the molecule is COC(=O)c1cccc(CNCCC(=O)N(C)C)c1. The van der Waals surface area contributed by atoms with E-state index in [1.165, 1.54) is 7.11 Å². The maximum Gasteiger partial charge on any atom is 0.337 e. The molecule has 0 heterocycles. The summed E-state index contributed by atoms with van der Waals surface area (Å²) < 4.78 is 4.67. The molecular weight excluding hydrogens is 244 g/mol. The third kappa shape index (κ3) is 5.09. The van der Waals surface area contributed by atoms with Crippen LogP contribution in [0.5, 0.6) is 0 Å². The molecule has 0 radical (unpaired) electrons. The third-order valence-corrected chi connectivity index (χ3v) is 2.69. The van der Waals surface area contributed by atoms with Crippen LogP contribution in [0, 0.1) is 0 Å². The molecule has 0 aliphatic carbocycles. The minimum Gasteiger partial charge on any atom is -0.465 e. The van der Waals surface area contributed by atoms with Crippen molar-refractivity contribution in [1.29, 1.82) is 0 Å². The van der Waals surface area contributed by atoms with Crippen LogP contribution < -0.4 is 5.32 Å². The van der Waals surface area contributed by atoms with E-state index in [-0.39, 0.29) is 11.9 Å². The maximum absolute atomic E-state index is 11.4. The van der Waals surface area contributed by atoms with Crippen molar-refractivity contribution in [3.63, 3.8) is 0 Å². The van der Waals surface area contributed by atoms with Crippen molar-refractivity contribution in [3.8, 4) is 0 Å². The zero-order valence-electron chi connectivity index (χ0n) is 11.6. The van der Waals surface area contributed by atoms with Crippen molar-refractivity contribution in [2.45, 2.75) is 13.0 Å². The summed E-state index contributed by atoms with van der Waals surface area (Å²) in [7, 11) is 4.84. The van der Waals surface area contributed by atoms with E-state index in [9.17, 15) is 9.59 Å². The molecule has 0 aromatic heterocycles. The number of nitrogens with zero attached hydrogens (tertiary/aromatic N) is 1. The Hall–Kier alpha value is -1.88. The van der Waals surface area contributed by atoms with E-state index in [0.29, 0.717) is 25.1 Å². The lowest BCUT2D eigenvalue weighted by atomic mass is 10.1. The summed E-state index contributed by atoms with van der Waals surface area (Å²) in [6.45, 7) is 1.23. The highest BCUT2D eigenvalue weighted by Crippen LogP contribution is 2.06. The Balaban J connectivity index is 2.41. The standard InChI is InChI=1S/C14H20N2O3/c1-16(2)13(17)7-8-15-10-11-5-4-6-12(9-11)14(18)19-3/h4-6,9,15H,7-8,10H2,1-3H3. The highest BCUT2D eigenvalue weighted by atomic mass is 16.5. The quantitative estimate of drug-likeness (QED) is 0.616. The second-order valence-corrected chi connectivity index (χ2v) is 4.41. The highest BCUT2D eigenvalue weighted by molar-refractivity contribution is 5.89. The van der Waals surface area contributed by atoms with Crippen LogP contribution in [0.2, 0.25) is 0 Å². The number of hydrogen-bond acceptors (Lipinski definition) is 4. The molecule has 1 aromatic rings. The lowest BCUT2D eigenvalue weighted by Gasteiger charge is -2.10. The van der Waals surface area contributed by atoms with Crippen LogP contribution in [0.4, 0.5) is 0 Å². The van der Waals surface area contributed by atoms with Crippen molar-refractivity contribution in [1.82, 2.24) is 10.2 Å². The second-order valence-electron chi connectivity index (χ2n) is 4.41. The number of rotatable bonds is 6. The fraction of sp³-hybridized carbons (Fsp3) is 0.429. The molecule has 1 rings (SSSR count). The summed E-state index contributed by atoms with van der Waals surface area (Å²) in [6, 6.07) is 7.24. The fourth-order valence-corrected chi connectivity index (χ4v) is 1.58. The van der Waals surface area contributed by atoms with E-state index in [2.05, 4.69) is 10.1 Å². The zero-order chi connectivity index (χ0) is 14.3. The van der Waals surface area contributed by atoms with E-state index >= 15 is 0 Å². The molecule has 0 fully saturated rings. The second kappa shape index (κ2) is 7.53. The van der Waals surface area contributed by atoms with Gasteiger partial charge < -0.3 is 15.0 Å². The van der Waals surface area contributed by atoms with Crippen LogP contribution >= 0.6 is 0 Å². The first-order valence-electron chi connectivity index (χ1n) is 6.12. The van der Waals surface area contributed by atoms with Crippen molar-refractivity contribution in [2.75, 3.05) is 27.7 Å². The molecular formula is C14H20N2O3. The average Bonchev–Trinajstić information content (AvgIpc) is 2.42. The molecule has 19 heavy (non-hydrogen) atoms. The number of carbonyl (C=O) groups excluding carboxylic acids is 2. The molecule has 1 N–H and O–H groups in total. The first-order valence-corrected chi connectivity index (χ1v) is 6.12. The van der Waals surface area contributed by atoms with Gasteiger partial charge in [0, 0.05) is 33.6 Å². The lowest BCUT2D eigenvalue weighted by molar-refractivity contribution is -0.128. The summed E-state index contributed by atoms with van der Waals surface area (Å²) in [5.41, 5.74) is 1.52. The van der Waals surface area contributed by atoms with Gasteiger partial charge >= 0.3 is 5.97 Å². The monoisotopic (exact) mass is 264 g/mol. The number of nitrogens with one attached hydrogen (secondary N) is 1. The van der Waals surface area contributed by atoms with Gasteiger partial charge in [-0.1, -0.05) is 12.1 Å². The number of ether oxygens (including phenoxy) is 1. The number of esters is 1. The molecule has 0 saturated carbocycles. The van der Waals surface area contributed by atoms with Gasteiger partial charge in [-0.15, -0.1) is 0 Å². The Morgan fingerprint density at radius 2 is 2.05 bits per heavy atom. The predicted molar refractivity (Wildman–Crippen MR) is 72.8 cm³/mol. The molecule has 0 unspecified atom stereocenters. The van der Waals surface area contributed by atoms with Crippen molar-refractivity contribution >= 4 is 11.9 Å². The lowest BCUT2D eigenvalue weighted by Crippen LogP contribution is -2.26. The molecule has 0 atom stereocenters. The normalized spacial score (nSPS) is 10.1. The van der Waals surface area contributed by atoms with E-state index in [1.807, 2.05) is 12.1 Å². The van der Waals surface area contributed by atoms with Crippen LogP contribution in [0.1, 0.15) is 22.3 Å².